The van der Waals surface area contributed by atoms with Crippen LogP contribution in [0.1, 0.15) is 34.6 Å². The van der Waals surface area contributed by atoms with Gasteiger partial charge in [-0.25, -0.2) is 4.79 Å². The highest BCUT2D eigenvalue weighted by Gasteiger charge is 2.34. The highest BCUT2D eigenvalue weighted by atomic mass is 16.6. The Morgan fingerprint density at radius 2 is 1.62 bits per heavy atom. The minimum atomic E-state index is -1.51. The van der Waals surface area contributed by atoms with E-state index in [4.69, 9.17) is 4.74 Å². The van der Waals surface area contributed by atoms with E-state index in [0.29, 0.717) is 0 Å². The average molecular weight is 190 g/mol. The topological polar surface area (TPSA) is 66.8 Å². The Hall–Kier alpha value is -0.610. The minimum Gasteiger partial charge on any atom is -0.458 e. The van der Waals surface area contributed by atoms with E-state index >= 15 is 0 Å². The first-order chi connectivity index (χ1) is 5.54. The molecule has 0 amide bonds. The first-order valence-corrected chi connectivity index (χ1v) is 4.17. The third-order valence-electron chi connectivity index (χ3n) is 1.30. The molecule has 1 unspecified atom stereocenters. The predicted octanol–water partition coefficient (Wildman–Crippen LogP) is 0.460. The van der Waals surface area contributed by atoms with Crippen LogP contribution in [-0.2, 0) is 9.53 Å². The van der Waals surface area contributed by atoms with Crippen LogP contribution in [0.25, 0.3) is 0 Å². The first-order valence-electron chi connectivity index (χ1n) is 4.17. The fraction of sp³-hybridized carbons (Fsp3) is 0.889. The summed E-state index contributed by atoms with van der Waals surface area (Å²) in [5.41, 5.74) is -2.12. The van der Waals surface area contributed by atoms with Crippen LogP contribution in [0, 0.1) is 0 Å². The lowest BCUT2D eigenvalue weighted by molar-refractivity contribution is -0.177. The van der Waals surface area contributed by atoms with E-state index in [9.17, 15) is 15.0 Å². The van der Waals surface area contributed by atoms with Gasteiger partial charge in [-0.15, -0.1) is 0 Å². The summed E-state index contributed by atoms with van der Waals surface area (Å²) in [4.78, 5) is 11.2. The summed E-state index contributed by atoms with van der Waals surface area (Å²) in [5, 5.41) is 18.6. The lowest BCUT2D eigenvalue weighted by Crippen LogP contribution is -2.45. The smallest absolute Gasteiger partial charge is 0.338 e. The number of carbonyl (C=O) groups excluding carboxylic acids is 1. The predicted molar refractivity (Wildman–Crippen MR) is 48.1 cm³/mol. The number of hydrogen-bond donors (Lipinski definition) is 2. The van der Waals surface area contributed by atoms with Crippen molar-refractivity contribution in [3.63, 3.8) is 0 Å². The quantitative estimate of drug-likeness (QED) is 0.621. The minimum absolute atomic E-state index is 0.649. The van der Waals surface area contributed by atoms with Gasteiger partial charge in [0.1, 0.15) is 5.60 Å². The average Bonchev–Trinajstić information content (AvgIpc) is 1.79. The molecular weight excluding hydrogens is 172 g/mol. The summed E-state index contributed by atoms with van der Waals surface area (Å²) in [6, 6.07) is 0. The molecule has 4 heteroatoms. The van der Waals surface area contributed by atoms with Crippen molar-refractivity contribution in [2.24, 2.45) is 0 Å². The van der Waals surface area contributed by atoms with E-state index in [-0.39, 0.29) is 0 Å². The summed E-state index contributed by atoms with van der Waals surface area (Å²) in [6.07, 6.45) is -1.51. The van der Waals surface area contributed by atoms with Gasteiger partial charge in [-0.1, -0.05) is 0 Å². The summed E-state index contributed by atoms with van der Waals surface area (Å²) < 4.78 is 4.88. The fourth-order valence-corrected chi connectivity index (χ4v) is 0.646. The normalized spacial score (nSPS) is 15.3. The largest absolute Gasteiger partial charge is 0.458 e. The Balaban J connectivity index is 4.30. The Morgan fingerprint density at radius 1 is 1.23 bits per heavy atom. The highest BCUT2D eigenvalue weighted by Crippen LogP contribution is 2.14. The SMILES string of the molecule is CC(C)(C)OC(=O)C(O)C(C)(C)O. The van der Waals surface area contributed by atoms with E-state index < -0.39 is 23.3 Å². The Morgan fingerprint density at radius 3 is 1.85 bits per heavy atom. The van der Waals surface area contributed by atoms with Crippen LogP contribution in [-0.4, -0.2) is 33.5 Å². The van der Waals surface area contributed by atoms with Gasteiger partial charge in [-0.2, -0.15) is 0 Å². The van der Waals surface area contributed by atoms with Gasteiger partial charge in [-0.3, -0.25) is 0 Å². The van der Waals surface area contributed by atoms with Crippen molar-refractivity contribution < 1.29 is 19.7 Å². The lowest BCUT2D eigenvalue weighted by Gasteiger charge is -2.27. The number of esters is 1. The summed E-state index contributed by atoms with van der Waals surface area (Å²) in [6.45, 7) is 7.79. The zero-order valence-electron chi connectivity index (χ0n) is 8.79. The zero-order chi connectivity index (χ0) is 10.9. The monoisotopic (exact) mass is 190 g/mol. The molecule has 0 bridgehead atoms. The fourth-order valence-electron chi connectivity index (χ4n) is 0.646. The molecule has 4 nitrogen and oxygen atoms in total. The third-order valence-corrected chi connectivity index (χ3v) is 1.30. The second-order valence-electron chi connectivity index (χ2n) is 4.59. The molecule has 0 aliphatic heterocycles. The van der Waals surface area contributed by atoms with Crippen LogP contribution < -0.4 is 0 Å². The van der Waals surface area contributed by atoms with Gasteiger partial charge in [0.25, 0.3) is 0 Å². The Labute approximate surface area is 78.5 Å². The molecular formula is C9H18O4. The van der Waals surface area contributed by atoms with Crippen molar-refractivity contribution in [1.82, 2.24) is 0 Å². The van der Waals surface area contributed by atoms with Gasteiger partial charge in [-0.05, 0) is 34.6 Å². The molecule has 13 heavy (non-hydrogen) atoms. The zero-order valence-corrected chi connectivity index (χ0v) is 8.79. The lowest BCUT2D eigenvalue weighted by atomic mass is 10.0. The maximum Gasteiger partial charge on any atom is 0.338 e. The summed E-state index contributed by atoms with van der Waals surface area (Å²) in [7, 11) is 0. The van der Waals surface area contributed by atoms with Gasteiger partial charge in [0.2, 0.25) is 0 Å². The molecule has 0 aliphatic carbocycles. The van der Waals surface area contributed by atoms with E-state index in [2.05, 4.69) is 0 Å². The number of hydrogen-bond acceptors (Lipinski definition) is 4. The highest BCUT2D eigenvalue weighted by molar-refractivity contribution is 5.76. The van der Waals surface area contributed by atoms with Crippen LogP contribution in [0.4, 0.5) is 0 Å². The molecule has 1 atom stereocenters. The van der Waals surface area contributed by atoms with Gasteiger partial charge in [0, 0.05) is 0 Å². The van der Waals surface area contributed by atoms with E-state index in [1.807, 2.05) is 0 Å². The van der Waals surface area contributed by atoms with Crippen molar-refractivity contribution in [3.8, 4) is 0 Å². The van der Waals surface area contributed by atoms with Crippen LogP contribution >= 0.6 is 0 Å². The number of aliphatic hydroxyl groups excluding tert-OH is 1. The number of ether oxygens (including phenoxy) is 1. The van der Waals surface area contributed by atoms with Crippen molar-refractivity contribution in [1.29, 1.82) is 0 Å². The summed E-state index contributed by atoms with van der Waals surface area (Å²) in [5.74, 6) is -0.806. The molecule has 0 aromatic rings. The van der Waals surface area contributed by atoms with Gasteiger partial charge in [0.15, 0.2) is 6.10 Å². The van der Waals surface area contributed by atoms with Gasteiger partial charge < -0.3 is 14.9 Å². The van der Waals surface area contributed by atoms with Crippen molar-refractivity contribution in [2.45, 2.75) is 51.9 Å². The Bertz CT molecular complexity index is 185. The van der Waals surface area contributed by atoms with Crippen molar-refractivity contribution >= 4 is 5.97 Å². The number of aliphatic hydroxyl groups is 2. The Kier molecular flexibility index (Phi) is 3.47. The summed E-state index contributed by atoms with van der Waals surface area (Å²) >= 11 is 0. The maximum absolute atomic E-state index is 11.2. The van der Waals surface area contributed by atoms with Crippen LogP contribution in [0.2, 0.25) is 0 Å². The van der Waals surface area contributed by atoms with Crippen molar-refractivity contribution in [2.75, 3.05) is 0 Å². The molecule has 0 heterocycles. The second-order valence-corrected chi connectivity index (χ2v) is 4.59. The molecule has 0 saturated heterocycles. The van der Waals surface area contributed by atoms with Gasteiger partial charge >= 0.3 is 5.97 Å². The third kappa shape index (κ3) is 4.85. The molecule has 0 radical (unpaired) electrons. The van der Waals surface area contributed by atoms with E-state index in [1.54, 1.807) is 20.8 Å². The van der Waals surface area contributed by atoms with Crippen molar-refractivity contribution in [3.05, 3.63) is 0 Å². The first kappa shape index (κ1) is 12.4. The van der Waals surface area contributed by atoms with E-state index in [1.165, 1.54) is 13.8 Å². The molecule has 0 rings (SSSR count). The molecule has 0 aromatic carbocycles. The molecule has 78 valence electrons. The van der Waals surface area contributed by atoms with Crippen LogP contribution in [0.5, 0.6) is 0 Å². The van der Waals surface area contributed by atoms with Crippen LogP contribution in [0.3, 0.4) is 0 Å². The number of carbonyl (C=O) groups is 1. The molecule has 0 fully saturated rings. The molecule has 0 aliphatic rings. The standard InChI is InChI=1S/C9H18O4/c1-8(2,3)13-7(11)6(10)9(4,5)12/h6,10,12H,1-5H3. The second kappa shape index (κ2) is 3.64. The van der Waals surface area contributed by atoms with Crippen LogP contribution in [0.15, 0.2) is 0 Å². The molecule has 2 N–H and O–H groups in total. The van der Waals surface area contributed by atoms with E-state index in [0.717, 1.165) is 0 Å². The van der Waals surface area contributed by atoms with Gasteiger partial charge in [0.05, 0.1) is 5.60 Å². The molecule has 0 aromatic heterocycles. The molecule has 0 spiro atoms. The number of rotatable bonds is 2. The maximum atomic E-state index is 11.2. The molecule has 0 saturated carbocycles.